The Hall–Kier alpha value is -2.93. The van der Waals surface area contributed by atoms with Crippen molar-refractivity contribution in [2.45, 2.75) is 11.3 Å². The minimum atomic E-state index is -0.533. The van der Waals surface area contributed by atoms with E-state index in [1.54, 1.807) is 16.7 Å². The van der Waals surface area contributed by atoms with Gasteiger partial charge in [-0.15, -0.1) is 10.2 Å². The Morgan fingerprint density at radius 3 is 2.45 bits per heavy atom. The van der Waals surface area contributed by atoms with Crippen LogP contribution in [-0.4, -0.2) is 76.6 Å². The number of piperazine rings is 1. The number of aromatic nitrogens is 2. The van der Waals surface area contributed by atoms with Crippen molar-refractivity contribution in [2.75, 3.05) is 49.2 Å². The lowest BCUT2D eigenvalue weighted by Crippen LogP contribution is -2.51. The minimum absolute atomic E-state index is 0.0627. The van der Waals surface area contributed by atoms with Crippen LogP contribution in [0.1, 0.15) is 6.92 Å². The monoisotopic (exact) mass is 468 g/mol. The van der Waals surface area contributed by atoms with Gasteiger partial charge in [-0.1, -0.05) is 23.1 Å². The van der Waals surface area contributed by atoms with Crippen LogP contribution < -0.4 is 10.6 Å². The van der Waals surface area contributed by atoms with Crippen LogP contribution in [0.4, 0.5) is 24.8 Å². The van der Waals surface area contributed by atoms with E-state index >= 15 is 0 Å². The number of anilines is 2. The maximum absolute atomic E-state index is 12.9. The van der Waals surface area contributed by atoms with E-state index in [-0.39, 0.29) is 22.9 Å². The average molecular weight is 469 g/mol. The van der Waals surface area contributed by atoms with Crippen molar-refractivity contribution in [3.8, 4) is 0 Å². The number of ether oxygens (including phenoxy) is 1. The first-order chi connectivity index (χ1) is 14.9. The van der Waals surface area contributed by atoms with Crippen molar-refractivity contribution in [3.05, 3.63) is 30.1 Å². The van der Waals surface area contributed by atoms with Crippen molar-refractivity contribution in [1.82, 2.24) is 20.0 Å². The fourth-order valence-corrected chi connectivity index (χ4v) is 4.33. The molecule has 2 heterocycles. The number of rotatable bonds is 6. The van der Waals surface area contributed by atoms with Crippen LogP contribution in [0, 0.1) is 5.82 Å². The van der Waals surface area contributed by atoms with E-state index in [1.165, 1.54) is 36.0 Å². The van der Waals surface area contributed by atoms with E-state index in [1.807, 2.05) is 0 Å². The smallest absolute Gasteiger partial charge is 0.409 e. The summed E-state index contributed by atoms with van der Waals surface area (Å²) in [5.41, 5.74) is 0.437. The molecule has 1 aromatic heterocycles. The zero-order valence-electron chi connectivity index (χ0n) is 16.7. The highest BCUT2D eigenvalue weighted by Crippen LogP contribution is 2.26. The molecule has 1 saturated heterocycles. The van der Waals surface area contributed by atoms with Gasteiger partial charge in [-0.05, 0) is 31.2 Å². The molecule has 166 valence electrons. The van der Waals surface area contributed by atoms with Crippen LogP contribution in [0.2, 0.25) is 0 Å². The van der Waals surface area contributed by atoms with Gasteiger partial charge in [0, 0.05) is 31.9 Å². The van der Waals surface area contributed by atoms with Crippen molar-refractivity contribution >= 4 is 51.9 Å². The first-order valence-electron chi connectivity index (χ1n) is 9.44. The van der Waals surface area contributed by atoms with Gasteiger partial charge in [0.2, 0.25) is 11.0 Å². The Bertz CT molecular complexity index is 918. The third-order valence-electron chi connectivity index (χ3n) is 4.21. The Balaban J connectivity index is 1.40. The molecular formula is C18H21FN6O4S2. The number of urea groups is 1. The maximum Gasteiger partial charge on any atom is 0.409 e. The van der Waals surface area contributed by atoms with Gasteiger partial charge in [0.05, 0.1) is 12.4 Å². The van der Waals surface area contributed by atoms with E-state index < -0.39 is 11.8 Å². The molecule has 1 fully saturated rings. The summed E-state index contributed by atoms with van der Waals surface area (Å²) in [4.78, 5) is 39.4. The van der Waals surface area contributed by atoms with E-state index in [2.05, 4.69) is 20.8 Å². The van der Waals surface area contributed by atoms with Crippen LogP contribution in [0.3, 0.4) is 0 Å². The second-order valence-electron chi connectivity index (χ2n) is 6.31. The Labute approximate surface area is 186 Å². The zero-order valence-corrected chi connectivity index (χ0v) is 18.3. The summed E-state index contributed by atoms with van der Waals surface area (Å²) in [7, 11) is 0. The predicted octanol–water partition coefficient (Wildman–Crippen LogP) is 2.71. The number of halogens is 1. The molecule has 1 aliphatic heterocycles. The number of thioether (sulfide) groups is 1. The minimum Gasteiger partial charge on any atom is -0.450 e. The molecule has 0 saturated carbocycles. The summed E-state index contributed by atoms with van der Waals surface area (Å²) in [6.45, 7) is 3.84. The number of benzene rings is 1. The van der Waals surface area contributed by atoms with Gasteiger partial charge in [-0.3, -0.25) is 10.1 Å². The summed E-state index contributed by atoms with van der Waals surface area (Å²) in [5, 5.41) is 13.2. The summed E-state index contributed by atoms with van der Waals surface area (Å²) in [5.74, 6) is -0.282. The topological polar surface area (TPSA) is 117 Å². The van der Waals surface area contributed by atoms with Crippen LogP contribution in [0.15, 0.2) is 28.6 Å². The van der Waals surface area contributed by atoms with Crippen LogP contribution in [0.25, 0.3) is 0 Å². The van der Waals surface area contributed by atoms with Crippen LogP contribution in [-0.2, 0) is 9.53 Å². The van der Waals surface area contributed by atoms with Gasteiger partial charge in [0.15, 0.2) is 4.34 Å². The molecule has 0 atom stereocenters. The standard InChI is InChI=1S/C18H21FN6O4S2/c1-2-29-18(28)25-9-7-24(8-10-25)14(26)11-30-17-23-22-16(31-17)21-15(27)20-13-5-3-12(19)4-6-13/h3-6H,2,7-11H2,1H3,(H2,20,21,22,27). The molecule has 0 bridgehead atoms. The molecule has 4 amide bonds. The molecule has 2 N–H and O–H groups in total. The van der Waals surface area contributed by atoms with Crippen molar-refractivity contribution in [2.24, 2.45) is 0 Å². The third kappa shape index (κ3) is 6.79. The number of carbonyl (C=O) groups excluding carboxylic acids is 3. The fourth-order valence-electron chi connectivity index (χ4n) is 2.68. The van der Waals surface area contributed by atoms with Gasteiger partial charge in [0.1, 0.15) is 5.82 Å². The molecule has 0 aliphatic carbocycles. The largest absolute Gasteiger partial charge is 0.450 e. The van der Waals surface area contributed by atoms with Crippen LogP contribution in [0.5, 0.6) is 0 Å². The van der Waals surface area contributed by atoms with E-state index in [4.69, 9.17) is 4.74 Å². The first kappa shape index (κ1) is 22.7. The third-order valence-corrected chi connectivity index (χ3v) is 6.16. The average Bonchev–Trinajstić information content (AvgIpc) is 3.21. The highest BCUT2D eigenvalue weighted by Gasteiger charge is 2.25. The molecule has 31 heavy (non-hydrogen) atoms. The van der Waals surface area contributed by atoms with Gasteiger partial charge in [0.25, 0.3) is 0 Å². The molecule has 10 nitrogen and oxygen atoms in total. The molecule has 0 unspecified atom stereocenters. The molecule has 0 spiro atoms. The normalized spacial score (nSPS) is 13.6. The lowest BCUT2D eigenvalue weighted by Gasteiger charge is -2.33. The van der Waals surface area contributed by atoms with Gasteiger partial charge < -0.3 is 19.9 Å². The Morgan fingerprint density at radius 2 is 1.77 bits per heavy atom. The highest BCUT2D eigenvalue weighted by molar-refractivity contribution is 8.01. The maximum atomic E-state index is 12.9. The molecule has 1 aliphatic rings. The fraction of sp³-hybridized carbons (Fsp3) is 0.389. The van der Waals surface area contributed by atoms with Crippen molar-refractivity contribution in [3.63, 3.8) is 0 Å². The van der Waals surface area contributed by atoms with Crippen molar-refractivity contribution in [1.29, 1.82) is 0 Å². The summed E-state index contributed by atoms with van der Waals surface area (Å²) in [6.07, 6.45) is -0.360. The van der Waals surface area contributed by atoms with E-state index in [0.29, 0.717) is 42.8 Å². The van der Waals surface area contributed by atoms with Gasteiger partial charge in [-0.25, -0.2) is 14.0 Å². The van der Waals surface area contributed by atoms with E-state index in [0.717, 1.165) is 11.3 Å². The number of nitrogens with zero attached hydrogens (tertiary/aromatic N) is 4. The number of carbonyl (C=O) groups is 3. The predicted molar refractivity (Wildman–Crippen MR) is 115 cm³/mol. The second kappa shape index (κ2) is 10.9. The quantitative estimate of drug-likeness (QED) is 0.495. The Kier molecular flexibility index (Phi) is 8.00. The first-order valence-corrected chi connectivity index (χ1v) is 11.2. The molecule has 0 radical (unpaired) electrons. The van der Waals surface area contributed by atoms with Crippen molar-refractivity contribution < 1.29 is 23.5 Å². The number of hydrogen-bond donors (Lipinski definition) is 2. The number of hydrogen-bond acceptors (Lipinski definition) is 8. The highest BCUT2D eigenvalue weighted by atomic mass is 32.2. The molecular weight excluding hydrogens is 447 g/mol. The molecule has 3 rings (SSSR count). The molecule has 13 heteroatoms. The number of nitrogens with one attached hydrogen (secondary N) is 2. The number of amides is 4. The summed E-state index contributed by atoms with van der Waals surface area (Å²) >= 11 is 2.37. The Morgan fingerprint density at radius 1 is 1.10 bits per heavy atom. The SMILES string of the molecule is CCOC(=O)N1CCN(C(=O)CSc2nnc(NC(=O)Nc3ccc(F)cc3)s2)CC1. The van der Waals surface area contributed by atoms with Gasteiger partial charge >= 0.3 is 12.1 Å². The van der Waals surface area contributed by atoms with Crippen LogP contribution >= 0.6 is 23.1 Å². The molecule has 2 aromatic rings. The summed E-state index contributed by atoms with van der Waals surface area (Å²) in [6, 6.07) is 4.82. The summed E-state index contributed by atoms with van der Waals surface area (Å²) < 4.78 is 18.4. The second-order valence-corrected chi connectivity index (χ2v) is 8.51. The molecule has 1 aromatic carbocycles. The lowest BCUT2D eigenvalue weighted by molar-refractivity contribution is -0.129. The van der Waals surface area contributed by atoms with E-state index in [9.17, 15) is 18.8 Å². The lowest BCUT2D eigenvalue weighted by atomic mass is 10.3. The van der Waals surface area contributed by atoms with Gasteiger partial charge in [-0.2, -0.15) is 0 Å². The zero-order chi connectivity index (χ0) is 22.2.